The monoisotopic (exact) mass is 170 g/mol. The summed E-state index contributed by atoms with van der Waals surface area (Å²) in [5, 5.41) is 0. The summed E-state index contributed by atoms with van der Waals surface area (Å²) in [4.78, 5) is 3.48. The number of nitrogens with two attached hydrogens (primary N) is 1. The Balaban J connectivity index is 2.68. The summed E-state index contributed by atoms with van der Waals surface area (Å²) in [7, 11) is 1.57. The Hall–Kier alpha value is -1.00. The molecule has 1 aromatic heterocycles. The van der Waals surface area contributed by atoms with Gasteiger partial charge in [-0.1, -0.05) is 6.07 Å². The fourth-order valence-electron chi connectivity index (χ4n) is 0.882. The minimum Gasteiger partial charge on any atom is -0.383 e. The summed E-state index contributed by atoms with van der Waals surface area (Å²) in [6, 6.07) is 2.65. The van der Waals surface area contributed by atoms with Crippen LogP contribution in [0.25, 0.3) is 0 Å². The Morgan fingerprint density at radius 2 is 2.42 bits per heavy atom. The number of hydrogen-bond acceptors (Lipinski definition) is 3. The summed E-state index contributed by atoms with van der Waals surface area (Å²) in [6.45, 7) is 0.410. The number of ether oxygens (including phenoxy) is 1. The van der Waals surface area contributed by atoms with Crippen molar-refractivity contribution in [2.45, 2.75) is 6.04 Å². The van der Waals surface area contributed by atoms with Crippen LogP contribution < -0.4 is 5.73 Å². The standard InChI is InChI=1S/C8H11FN2O/c1-12-5-7(10)6-2-3-8(9)11-4-6/h2-4,7H,5,10H2,1H3. The van der Waals surface area contributed by atoms with Crippen molar-refractivity contribution in [1.29, 1.82) is 0 Å². The van der Waals surface area contributed by atoms with E-state index < -0.39 is 5.95 Å². The van der Waals surface area contributed by atoms with Gasteiger partial charge in [-0.25, -0.2) is 4.98 Å². The van der Waals surface area contributed by atoms with Crippen molar-refractivity contribution < 1.29 is 9.13 Å². The Morgan fingerprint density at radius 3 is 2.92 bits per heavy atom. The summed E-state index contributed by atoms with van der Waals surface area (Å²) < 4.78 is 17.2. The number of aromatic nitrogens is 1. The van der Waals surface area contributed by atoms with Crippen LogP contribution in [0, 0.1) is 5.95 Å². The van der Waals surface area contributed by atoms with Gasteiger partial charge in [0.25, 0.3) is 0 Å². The largest absolute Gasteiger partial charge is 0.383 e. The molecule has 1 aromatic rings. The van der Waals surface area contributed by atoms with E-state index in [-0.39, 0.29) is 6.04 Å². The van der Waals surface area contributed by atoms with Crippen LogP contribution in [0.2, 0.25) is 0 Å². The first-order chi connectivity index (χ1) is 5.74. The van der Waals surface area contributed by atoms with Gasteiger partial charge < -0.3 is 10.5 Å². The number of pyridine rings is 1. The van der Waals surface area contributed by atoms with Crippen LogP contribution in [0.1, 0.15) is 11.6 Å². The maximum absolute atomic E-state index is 12.4. The lowest BCUT2D eigenvalue weighted by atomic mass is 10.1. The van der Waals surface area contributed by atoms with Gasteiger partial charge in [-0.3, -0.25) is 0 Å². The van der Waals surface area contributed by atoms with E-state index >= 15 is 0 Å². The highest BCUT2D eigenvalue weighted by atomic mass is 19.1. The molecule has 3 nitrogen and oxygen atoms in total. The number of nitrogens with zero attached hydrogens (tertiary/aromatic N) is 1. The Morgan fingerprint density at radius 1 is 1.67 bits per heavy atom. The summed E-state index contributed by atoms with van der Waals surface area (Å²) >= 11 is 0. The molecule has 4 heteroatoms. The smallest absolute Gasteiger partial charge is 0.212 e. The van der Waals surface area contributed by atoms with Crippen molar-refractivity contribution in [3.05, 3.63) is 29.8 Å². The average Bonchev–Trinajstić information content (AvgIpc) is 2.06. The van der Waals surface area contributed by atoms with Gasteiger partial charge in [0.2, 0.25) is 5.95 Å². The highest BCUT2D eigenvalue weighted by Crippen LogP contribution is 2.08. The van der Waals surface area contributed by atoms with Crippen LogP contribution >= 0.6 is 0 Å². The first kappa shape index (κ1) is 9.09. The van der Waals surface area contributed by atoms with Crippen LogP contribution in [0.5, 0.6) is 0 Å². The van der Waals surface area contributed by atoms with Gasteiger partial charge in [-0.15, -0.1) is 0 Å². The second-order valence-corrected chi connectivity index (χ2v) is 2.48. The SMILES string of the molecule is COCC(N)c1ccc(F)nc1. The van der Waals surface area contributed by atoms with E-state index in [0.29, 0.717) is 6.61 Å². The molecule has 12 heavy (non-hydrogen) atoms. The van der Waals surface area contributed by atoms with Crippen LogP contribution in [0.3, 0.4) is 0 Å². The van der Waals surface area contributed by atoms with E-state index in [1.807, 2.05) is 0 Å². The fraction of sp³-hybridized carbons (Fsp3) is 0.375. The Kier molecular flexibility index (Phi) is 3.13. The molecule has 2 N–H and O–H groups in total. The normalized spacial score (nSPS) is 12.9. The maximum Gasteiger partial charge on any atom is 0.212 e. The van der Waals surface area contributed by atoms with E-state index in [2.05, 4.69) is 4.98 Å². The van der Waals surface area contributed by atoms with Crippen LogP contribution in [0.4, 0.5) is 4.39 Å². The molecule has 1 heterocycles. The molecule has 0 radical (unpaired) electrons. The van der Waals surface area contributed by atoms with E-state index in [0.717, 1.165) is 5.56 Å². The summed E-state index contributed by atoms with van der Waals surface area (Å²) in [5.41, 5.74) is 6.44. The molecule has 1 atom stereocenters. The molecule has 0 spiro atoms. The zero-order valence-corrected chi connectivity index (χ0v) is 6.83. The van der Waals surface area contributed by atoms with Crippen molar-refractivity contribution >= 4 is 0 Å². The highest BCUT2D eigenvalue weighted by molar-refractivity contribution is 5.13. The van der Waals surface area contributed by atoms with Gasteiger partial charge >= 0.3 is 0 Å². The van der Waals surface area contributed by atoms with E-state index in [9.17, 15) is 4.39 Å². The third-order valence-electron chi connectivity index (χ3n) is 1.52. The molecule has 0 fully saturated rings. The van der Waals surface area contributed by atoms with Crippen LogP contribution in [-0.4, -0.2) is 18.7 Å². The van der Waals surface area contributed by atoms with Gasteiger partial charge in [0, 0.05) is 13.3 Å². The predicted molar refractivity (Wildman–Crippen MR) is 43.0 cm³/mol. The third kappa shape index (κ3) is 2.25. The minimum atomic E-state index is -0.497. The minimum absolute atomic E-state index is 0.233. The molecule has 0 amide bonds. The molecular weight excluding hydrogens is 159 g/mol. The van der Waals surface area contributed by atoms with Crippen LogP contribution in [0.15, 0.2) is 18.3 Å². The number of methoxy groups -OCH3 is 1. The lowest BCUT2D eigenvalue weighted by Gasteiger charge is -2.09. The molecule has 66 valence electrons. The molecule has 0 saturated heterocycles. The zero-order chi connectivity index (χ0) is 8.97. The van der Waals surface area contributed by atoms with E-state index in [4.69, 9.17) is 10.5 Å². The highest BCUT2D eigenvalue weighted by Gasteiger charge is 2.04. The summed E-state index contributed by atoms with van der Waals surface area (Å²) in [6.07, 6.45) is 1.42. The third-order valence-corrected chi connectivity index (χ3v) is 1.52. The molecule has 0 saturated carbocycles. The van der Waals surface area contributed by atoms with E-state index in [1.165, 1.54) is 12.3 Å². The van der Waals surface area contributed by atoms with Gasteiger partial charge in [-0.05, 0) is 11.6 Å². The molecule has 1 unspecified atom stereocenters. The summed E-state index contributed by atoms with van der Waals surface area (Å²) in [5.74, 6) is -0.497. The maximum atomic E-state index is 12.4. The quantitative estimate of drug-likeness (QED) is 0.684. The average molecular weight is 170 g/mol. The molecule has 1 rings (SSSR count). The number of halogens is 1. The van der Waals surface area contributed by atoms with Crippen molar-refractivity contribution in [3.63, 3.8) is 0 Å². The van der Waals surface area contributed by atoms with Gasteiger partial charge in [0.05, 0.1) is 12.6 Å². The first-order valence-corrected chi connectivity index (χ1v) is 3.60. The lowest BCUT2D eigenvalue weighted by Crippen LogP contribution is -2.16. The van der Waals surface area contributed by atoms with Gasteiger partial charge in [-0.2, -0.15) is 4.39 Å². The first-order valence-electron chi connectivity index (χ1n) is 3.60. The van der Waals surface area contributed by atoms with Crippen LogP contribution in [-0.2, 0) is 4.74 Å². The molecule has 0 aromatic carbocycles. The van der Waals surface area contributed by atoms with Gasteiger partial charge in [0.15, 0.2) is 0 Å². The van der Waals surface area contributed by atoms with Crippen molar-refractivity contribution in [2.75, 3.05) is 13.7 Å². The Bertz CT molecular complexity index is 237. The molecule has 0 bridgehead atoms. The molecular formula is C8H11FN2O. The van der Waals surface area contributed by atoms with Crippen molar-refractivity contribution in [3.8, 4) is 0 Å². The molecule has 0 aliphatic rings. The second kappa shape index (κ2) is 4.13. The molecule has 0 aliphatic heterocycles. The fourth-order valence-corrected chi connectivity index (χ4v) is 0.882. The predicted octanol–water partition coefficient (Wildman–Crippen LogP) is 0.867. The van der Waals surface area contributed by atoms with Crippen molar-refractivity contribution in [1.82, 2.24) is 4.98 Å². The zero-order valence-electron chi connectivity index (χ0n) is 6.83. The van der Waals surface area contributed by atoms with Crippen molar-refractivity contribution in [2.24, 2.45) is 5.73 Å². The molecule has 0 aliphatic carbocycles. The number of hydrogen-bond donors (Lipinski definition) is 1. The number of rotatable bonds is 3. The Labute approximate surface area is 70.4 Å². The van der Waals surface area contributed by atoms with E-state index in [1.54, 1.807) is 13.2 Å². The lowest BCUT2D eigenvalue weighted by molar-refractivity contribution is 0.180. The van der Waals surface area contributed by atoms with Gasteiger partial charge in [0.1, 0.15) is 0 Å². The topological polar surface area (TPSA) is 48.1 Å². The second-order valence-electron chi connectivity index (χ2n) is 2.48.